The van der Waals surface area contributed by atoms with Crippen molar-refractivity contribution in [2.75, 3.05) is 0 Å². The molecule has 1 N–H and O–H groups in total. The van der Waals surface area contributed by atoms with Crippen LogP contribution < -0.4 is 0 Å². The first kappa shape index (κ1) is 20.4. The van der Waals surface area contributed by atoms with Crippen LogP contribution in [0.3, 0.4) is 0 Å². The topological polar surface area (TPSA) is 37.3 Å². The van der Waals surface area contributed by atoms with E-state index in [0.717, 1.165) is 24.8 Å². The predicted octanol–water partition coefficient (Wildman–Crippen LogP) is 5.69. The van der Waals surface area contributed by atoms with Gasteiger partial charge in [0, 0.05) is 12.3 Å². The summed E-state index contributed by atoms with van der Waals surface area (Å²) in [6, 6.07) is 0. The minimum absolute atomic E-state index is 0.0470. The van der Waals surface area contributed by atoms with Crippen LogP contribution in [0.1, 0.15) is 72.1 Å². The monoisotopic (exact) mass is 398 g/mol. The Hall–Kier alpha value is -0.840. The van der Waals surface area contributed by atoms with Crippen molar-refractivity contribution in [2.24, 2.45) is 40.4 Å². The smallest absolute Gasteiger partial charge is 0.380 e. The van der Waals surface area contributed by atoms with Gasteiger partial charge in [-0.3, -0.25) is 4.79 Å². The number of hydrogen-bond acceptors (Lipinski definition) is 2. The van der Waals surface area contributed by atoms with Gasteiger partial charge < -0.3 is 5.11 Å². The third kappa shape index (κ3) is 2.60. The molecule has 0 heterocycles. The number of ketones is 1. The normalized spacial score (nSPS) is 51.2. The molecular weight excluding hydrogens is 365 g/mol. The molecule has 0 bridgehead atoms. The van der Waals surface area contributed by atoms with Gasteiger partial charge in [0.1, 0.15) is 5.78 Å². The number of halogens is 3. The van der Waals surface area contributed by atoms with E-state index in [9.17, 15) is 23.1 Å². The third-order valence-electron chi connectivity index (χ3n) is 9.53. The zero-order chi connectivity index (χ0) is 20.7. The molecule has 2 nitrogen and oxygen atoms in total. The lowest BCUT2D eigenvalue weighted by Gasteiger charge is -2.61. The summed E-state index contributed by atoms with van der Waals surface area (Å²) < 4.78 is 40.3. The van der Waals surface area contributed by atoms with Crippen LogP contribution in [0.4, 0.5) is 13.2 Å². The van der Waals surface area contributed by atoms with Crippen LogP contribution in [-0.2, 0) is 4.79 Å². The van der Waals surface area contributed by atoms with Gasteiger partial charge in [0.15, 0.2) is 5.60 Å². The highest BCUT2D eigenvalue weighted by Gasteiger charge is 2.66. The predicted molar refractivity (Wildman–Crippen MR) is 101 cm³/mol. The molecule has 4 aliphatic carbocycles. The maximum atomic E-state index is 13.4. The SMILES string of the molecule is C=C(C)[C@H]1CCC2C3CCC4C[C@](O)(C(F)(F)F)CC[C@]4(C)C3C(=O)CC21C. The lowest BCUT2D eigenvalue weighted by molar-refractivity contribution is -0.288. The zero-order valence-electron chi connectivity index (χ0n) is 17.2. The summed E-state index contributed by atoms with van der Waals surface area (Å²) in [5.74, 6) is 0.968. The molecular formula is C23H33F3O2. The molecule has 28 heavy (non-hydrogen) atoms. The second-order valence-corrected chi connectivity index (χ2v) is 10.9. The summed E-state index contributed by atoms with van der Waals surface area (Å²) in [5, 5.41) is 10.3. The van der Waals surface area contributed by atoms with Crippen LogP contribution in [0.5, 0.6) is 0 Å². The molecule has 0 saturated heterocycles. The van der Waals surface area contributed by atoms with E-state index in [0.29, 0.717) is 24.7 Å². The van der Waals surface area contributed by atoms with Crippen molar-refractivity contribution in [2.45, 2.75) is 83.9 Å². The molecule has 8 atom stereocenters. The van der Waals surface area contributed by atoms with Crippen LogP contribution in [0.15, 0.2) is 12.2 Å². The molecule has 158 valence electrons. The van der Waals surface area contributed by atoms with Gasteiger partial charge in [-0.15, -0.1) is 0 Å². The van der Waals surface area contributed by atoms with Crippen LogP contribution in [0.25, 0.3) is 0 Å². The van der Waals surface area contributed by atoms with Gasteiger partial charge >= 0.3 is 6.18 Å². The average Bonchev–Trinajstić information content (AvgIpc) is 2.91. The average molecular weight is 399 g/mol. The van der Waals surface area contributed by atoms with E-state index < -0.39 is 17.2 Å². The number of allylic oxidation sites excluding steroid dienone is 1. The van der Waals surface area contributed by atoms with Crippen molar-refractivity contribution in [3.8, 4) is 0 Å². The fraction of sp³-hybridized carbons (Fsp3) is 0.870. The molecule has 0 aromatic carbocycles. The number of fused-ring (bicyclic) bond motifs is 5. The fourth-order valence-electron chi connectivity index (χ4n) is 8.13. The van der Waals surface area contributed by atoms with Crippen LogP contribution in [0, 0.1) is 40.4 Å². The number of rotatable bonds is 1. The fourth-order valence-corrected chi connectivity index (χ4v) is 8.13. The lowest BCUT2D eigenvalue weighted by atomic mass is 9.43. The Morgan fingerprint density at radius 1 is 1.11 bits per heavy atom. The molecule has 0 aliphatic heterocycles. The van der Waals surface area contributed by atoms with Gasteiger partial charge in [0.25, 0.3) is 0 Å². The Bertz CT molecular complexity index is 700. The summed E-state index contributed by atoms with van der Waals surface area (Å²) in [4.78, 5) is 13.4. The summed E-state index contributed by atoms with van der Waals surface area (Å²) in [6.07, 6.45) is -0.648. The Morgan fingerprint density at radius 3 is 2.39 bits per heavy atom. The first-order valence-corrected chi connectivity index (χ1v) is 10.8. The molecule has 4 fully saturated rings. The summed E-state index contributed by atoms with van der Waals surface area (Å²) >= 11 is 0. The number of alkyl halides is 3. The highest BCUT2D eigenvalue weighted by molar-refractivity contribution is 5.84. The summed E-state index contributed by atoms with van der Waals surface area (Å²) in [6.45, 7) is 10.5. The molecule has 4 rings (SSSR count). The number of aliphatic hydroxyl groups is 1. The quantitative estimate of drug-likeness (QED) is 0.576. The van der Waals surface area contributed by atoms with Crippen molar-refractivity contribution >= 4 is 5.78 Å². The van der Waals surface area contributed by atoms with Gasteiger partial charge in [-0.05, 0) is 86.4 Å². The van der Waals surface area contributed by atoms with E-state index in [4.69, 9.17) is 0 Å². The second-order valence-electron chi connectivity index (χ2n) is 10.9. The van der Waals surface area contributed by atoms with Crippen LogP contribution in [0.2, 0.25) is 0 Å². The molecule has 0 spiro atoms. The van der Waals surface area contributed by atoms with E-state index in [1.54, 1.807) is 0 Å². The number of carbonyl (C=O) groups is 1. The van der Waals surface area contributed by atoms with Crippen molar-refractivity contribution in [3.63, 3.8) is 0 Å². The summed E-state index contributed by atoms with van der Waals surface area (Å²) in [7, 11) is 0. The minimum atomic E-state index is -4.60. The van der Waals surface area contributed by atoms with E-state index in [1.165, 1.54) is 0 Å². The summed E-state index contributed by atoms with van der Waals surface area (Å²) in [5.41, 5.74) is -1.90. The zero-order valence-corrected chi connectivity index (χ0v) is 17.2. The Balaban J connectivity index is 1.65. The van der Waals surface area contributed by atoms with Crippen molar-refractivity contribution in [1.82, 2.24) is 0 Å². The molecule has 5 unspecified atom stereocenters. The van der Waals surface area contributed by atoms with Crippen molar-refractivity contribution in [1.29, 1.82) is 0 Å². The largest absolute Gasteiger partial charge is 0.417 e. The molecule has 0 amide bonds. The Labute approximate surface area is 166 Å². The van der Waals surface area contributed by atoms with E-state index in [1.807, 2.05) is 6.92 Å². The third-order valence-corrected chi connectivity index (χ3v) is 9.53. The highest BCUT2D eigenvalue weighted by Crippen LogP contribution is 2.68. The maximum absolute atomic E-state index is 13.4. The van der Waals surface area contributed by atoms with Crippen LogP contribution in [-0.4, -0.2) is 22.7 Å². The molecule has 5 heteroatoms. The maximum Gasteiger partial charge on any atom is 0.417 e. The van der Waals surface area contributed by atoms with Gasteiger partial charge in [-0.25, -0.2) is 0 Å². The number of Topliss-reactive ketones (excluding diaryl/α,β-unsaturated/α-hetero) is 1. The van der Waals surface area contributed by atoms with E-state index in [-0.39, 0.29) is 48.2 Å². The molecule has 0 radical (unpaired) electrons. The molecule has 4 aliphatic rings. The first-order valence-electron chi connectivity index (χ1n) is 10.8. The number of carbonyl (C=O) groups excluding carboxylic acids is 1. The molecule has 0 aromatic rings. The first-order chi connectivity index (χ1) is 12.8. The number of hydrogen-bond donors (Lipinski definition) is 1. The van der Waals surface area contributed by atoms with Gasteiger partial charge in [0.05, 0.1) is 0 Å². The van der Waals surface area contributed by atoms with Crippen molar-refractivity contribution < 1.29 is 23.1 Å². The highest BCUT2D eigenvalue weighted by atomic mass is 19.4. The van der Waals surface area contributed by atoms with E-state index >= 15 is 0 Å². The van der Waals surface area contributed by atoms with Gasteiger partial charge in [-0.1, -0.05) is 26.0 Å². The lowest BCUT2D eigenvalue weighted by Crippen LogP contribution is -2.61. The van der Waals surface area contributed by atoms with Crippen LogP contribution >= 0.6 is 0 Å². The Morgan fingerprint density at radius 2 is 1.79 bits per heavy atom. The van der Waals surface area contributed by atoms with Gasteiger partial charge in [-0.2, -0.15) is 13.2 Å². The Kier molecular flexibility index (Phi) is 4.44. The van der Waals surface area contributed by atoms with Gasteiger partial charge in [0.2, 0.25) is 0 Å². The molecule has 0 aromatic heterocycles. The standard InChI is InChI=1S/C23H33F3O2/c1-13(2)16-7-8-17-15-6-5-14-11-22(28,23(24,25)26)10-9-20(14,3)19(15)18(27)12-21(16,17)4/h14-17,19,28H,1,5-12H2,2-4H3/t14?,15?,16-,17?,19?,20+,21?,22+/m1/s1. The van der Waals surface area contributed by atoms with Crippen molar-refractivity contribution in [3.05, 3.63) is 12.2 Å². The minimum Gasteiger partial charge on any atom is -0.380 e. The second kappa shape index (κ2) is 6.09. The van der Waals surface area contributed by atoms with E-state index in [2.05, 4.69) is 20.4 Å². The molecule has 4 saturated carbocycles.